The van der Waals surface area contributed by atoms with Gasteiger partial charge in [0.15, 0.2) is 5.76 Å². The first-order valence-electron chi connectivity index (χ1n) is 12.3. The third-order valence-corrected chi connectivity index (χ3v) is 7.44. The molecule has 3 aromatic carbocycles. The Bertz CT molecular complexity index is 1550. The number of hydrogen-bond acceptors (Lipinski definition) is 5. The van der Waals surface area contributed by atoms with Crippen LogP contribution in [-0.2, 0) is 19.3 Å². The third kappa shape index (κ3) is 6.31. The van der Waals surface area contributed by atoms with E-state index in [1.54, 1.807) is 12.1 Å². The number of fused-ring (bicyclic) bond motifs is 3. The second-order valence-electron chi connectivity index (χ2n) is 9.53. The number of aromatic nitrogens is 1. The summed E-state index contributed by atoms with van der Waals surface area (Å²) in [4.78, 5) is 5.48. The molecule has 0 spiro atoms. The maximum Gasteiger partial charge on any atom is 0.573 e. The van der Waals surface area contributed by atoms with Crippen molar-refractivity contribution >= 4 is 39.2 Å². The number of benzene rings is 3. The molecule has 0 aliphatic heterocycles. The fourth-order valence-electron chi connectivity index (χ4n) is 4.90. The van der Waals surface area contributed by atoms with Gasteiger partial charge < -0.3 is 9.26 Å². The van der Waals surface area contributed by atoms with Crippen molar-refractivity contribution < 1.29 is 22.4 Å². The molecular formula is C30H24BrF3N2O2S. The normalized spacial score (nSPS) is 12.9. The molecule has 0 fully saturated rings. The van der Waals surface area contributed by atoms with Crippen LogP contribution in [0.15, 0.2) is 68.6 Å². The van der Waals surface area contributed by atoms with Gasteiger partial charge >= 0.3 is 6.36 Å². The number of nitrogens with zero attached hydrogens (tertiary/aromatic N) is 2. The van der Waals surface area contributed by atoms with Gasteiger partial charge in [0, 0.05) is 38.7 Å². The first-order chi connectivity index (χ1) is 18.6. The fraction of sp³-hybridized carbons (Fsp3) is 0.233. The molecule has 1 aliphatic rings. The standard InChI is InChI=1S/C30H24BrF3N2O2S/c1-17-11-22(31)12-18(2)27(17)14-24(39)16-35-15-19-3-9-25-21(13-19)6-10-26-28(25)36-38-29(26)20-4-7-23(8-5-20)37-30(32,33)34/h3-5,7-9,11-13,15H,6,10,14,16H2,1-2H3. The number of ether oxygens (including phenoxy) is 1. The maximum atomic E-state index is 12.5. The lowest BCUT2D eigenvalue weighted by atomic mass is 9.87. The maximum absolute atomic E-state index is 12.5. The van der Waals surface area contributed by atoms with Crippen LogP contribution in [0.5, 0.6) is 5.75 Å². The Hall–Kier alpha value is -3.30. The topological polar surface area (TPSA) is 47.6 Å². The average molecular weight is 613 g/mol. The lowest BCUT2D eigenvalue weighted by Crippen LogP contribution is -2.16. The predicted octanol–water partition coefficient (Wildman–Crippen LogP) is 8.42. The molecule has 4 aromatic rings. The summed E-state index contributed by atoms with van der Waals surface area (Å²) in [6.45, 7) is 4.67. The molecule has 0 radical (unpaired) electrons. The minimum atomic E-state index is -4.73. The Morgan fingerprint density at radius 2 is 1.79 bits per heavy atom. The van der Waals surface area contributed by atoms with Crippen LogP contribution in [0.3, 0.4) is 0 Å². The summed E-state index contributed by atoms with van der Waals surface area (Å²) in [5.41, 5.74) is 9.14. The first-order valence-corrected chi connectivity index (χ1v) is 13.5. The van der Waals surface area contributed by atoms with Gasteiger partial charge in [0.25, 0.3) is 0 Å². The SMILES string of the molecule is Cc1cc(Br)cc(C)c1CC(=S)CN=Cc1ccc2c(c1)CCc1c-2noc1-c1ccc(OC(F)(F)F)cc1. The van der Waals surface area contributed by atoms with Gasteiger partial charge in [-0.1, -0.05) is 45.4 Å². The van der Waals surface area contributed by atoms with Crippen LogP contribution >= 0.6 is 28.1 Å². The largest absolute Gasteiger partial charge is 0.573 e. The molecule has 0 bridgehead atoms. The van der Waals surface area contributed by atoms with E-state index in [0.29, 0.717) is 24.3 Å². The minimum Gasteiger partial charge on any atom is -0.406 e. The van der Waals surface area contributed by atoms with Crippen molar-refractivity contribution in [1.82, 2.24) is 5.16 Å². The van der Waals surface area contributed by atoms with Crippen LogP contribution in [0.1, 0.15) is 33.4 Å². The van der Waals surface area contributed by atoms with E-state index in [9.17, 15) is 13.2 Å². The molecule has 1 aliphatic carbocycles. The minimum absolute atomic E-state index is 0.279. The molecular weight excluding hydrogens is 589 g/mol. The van der Waals surface area contributed by atoms with Gasteiger partial charge in [-0.3, -0.25) is 4.99 Å². The lowest BCUT2D eigenvalue weighted by molar-refractivity contribution is -0.274. The third-order valence-electron chi connectivity index (χ3n) is 6.71. The van der Waals surface area contributed by atoms with Crippen molar-refractivity contribution in [1.29, 1.82) is 0 Å². The summed E-state index contributed by atoms with van der Waals surface area (Å²) in [6, 6.07) is 15.9. The summed E-state index contributed by atoms with van der Waals surface area (Å²) in [5.74, 6) is 0.281. The molecule has 0 atom stereocenters. The van der Waals surface area contributed by atoms with Crippen molar-refractivity contribution in [3.05, 3.63) is 92.5 Å². The molecule has 39 heavy (non-hydrogen) atoms. The van der Waals surface area contributed by atoms with Crippen LogP contribution in [0, 0.1) is 13.8 Å². The Morgan fingerprint density at radius 3 is 2.49 bits per heavy atom. The van der Waals surface area contributed by atoms with Crippen molar-refractivity contribution in [2.45, 2.75) is 39.5 Å². The summed E-state index contributed by atoms with van der Waals surface area (Å²) < 4.78 is 48.1. The molecule has 0 unspecified atom stereocenters. The van der Waals surface area contributed by atoms with Gasteiger partial charge in [-0.05, 0) is 97.0 Å². The predicted molar refractivity (Wildman–Crippen MR) is 154 cm³/mol. The van der Waals surface area contributed by atoms with Gasteiger partial charge in [0.1, 0.15) is 11.4 Å². The highest BCUT2D eigenvalue weighted by Gasteiger charge is 2.31. The van der Waals surface area contributed by atoms with E-state index in [-0.39, 0.29) is 5.75 Å². The van der Waals surface area contributed by atoms with Crippen LogP contribution in [0.4, 0.5) is 13.2 Å². The highest BCUT2D eigenvalue weighted by molar-refractivity contribution is 9.10. The van der Waals surface area contributed by atoms with E-state index < -0.39 is 6.36 Å². The number of rotatable bonds is 7. The zero-order chi connectivity index (χ0) is 27.7. The van der Waals surface area contributed by atoms with E-state index in [0.717, 1.165) is 50.1 Å². The summed E-state index contributed by atoms with van der Waals surface area (Å²) >= 11 is 9.15. The van der Waals surface area contributed by atoms with Crippen LogP contribution in [-0.4, -0.2) is 29.1 Å². The monoisotopic (exact) mass is 612 g/mol. The van der Waals surface area contributed by atoms with Crippen molar-refractivity contribution in [3.8, 4) is 28.3 Å². The van der Waals surface area contributed by atoms with Crippen molar-refractivity contribution in [3.63, 3.8) is 0 Å². The van der Waals surface area contributed by atoms with E-state index >= 15 is 0 Å². The molecule has 200 valence electrons. The Balaban J connectivity index is 1.27. The number of aliphatic imine (C=N–C) groups is 1. The van der Waals surface area contributed by atoms with Crippen molar-refractivity contribution in [2.24, 2.45) is 4.99 Å². The number of aryl methyl sites for hydroxylation is 3. The summed E-state index contributed by atoms with van der Waals surface area (Å²) in [5, 5.41) is 4.29. The number of halogens is 4. The fourth-order valence-corrected chi connectivity index (χ4v) is 5.81. The number of alkyl halides is 3. The zero-order valence-electron chi connectivity index (χ0n) is 21.2. The van der Waals surface area contributed by atoms with Crippen LogP contribution in [0.25, 0.3) is 22.6 Å². The lowest BCUT2D eigenvalue weighted by Gasteiger charge is -2.16. The summed E-state index contributed by atoms with van der Waals surface area (Å²) in [6.07, 6.45) is -0.670. The Morgan fingerprint density at radius 1 is 1.08 bits per heavy atom. The van der Waals surface area contributed by atoms with E-state index in [2.05, 4.69) is 62.9 Å². The second kappa shape index (κ2) is 11.1. The van der Waals surface area contributed by atoms with Crippen molar-refractivity contribution in [2.75, 3.05) is 6.54 Å². The quantitative estimate of drug-likeness (QED) is 0.155. The van der Waals surface area contributed by atoms with Gasteiger partial charge in [0.2, 0.25) is 0 Å². The number of thiocarbonyl (C=S) groups is 1. The van der Waals surface area contributed by atoms with Gasteiger partial charge in [-0.25, -0.2) is 0 Å². The molecule has 1 heterocycles. The van der Waals surface area contributed by atoms with Gasteiger partial charge in [0.05, 0.1) is 6.54 Å². The smallest absolute Gasteiger partial charge is 0.406 e. The van der Waals surface area contributed by atoms with Crippen LogP contribution in [0.2, 0.25) is 0 Å². The summed E-state index contributed by atoms with van der Waals surface area (Å²) in [7, 11) is 0. The van der Waals surface area contributed by atoms with Gasteiger partial charge in [-0.2, -0.15) is 0 Å². The Labute approximate surface area is 238 Å². The second-order valence-corrected chi connectivity index (χ2v) is 11.0. The Kier molecular flexibility index (Phi) is 7.73. The molecule has 0 N–H and O–H groups in total. The van der Waals surface area contributed by atoms with E-state index in [1.807, 2.05) is 18.3 Å². The molecule has 5 rings (SSSR count). The number of hydrogen-bond donors (Lipinski definition) is 0. The van der Waals surface area contributed by atoms with Crippen LogP contribution < -0.4 is 4.74 Å². The average Bonchev–Trinajstić information content (AvgIpc) is 3.30. The van der Waals surface area contributed by atoms with E-state index in [1.165, 1.54) is 28.8 Å². The molecule has 1 aromatic heterocycles. The molecule has 0 saturated heterocycles. The van der Waals surface area contributed by atoms with E-state index in [4.69, 9.17) is 16.7 Å². The van der Waals surface area contributed by atoms with Gasteiger partial charge in [-0.15, -0.1) is 13.2 Å². The highest BCUT2D eigenvalue weighted by atomic mass is 79.9. The highest BCUT2D eigenvalue weighted by Crippen LogP contribution is 2.39. The first kappa shape index (κ1) is 27.3. The molecule has 0 amide bonds. The zero-order valence-corrected chi connectivity index (χ0v) is 23.6. The molecule has 0 saturated carbocycles. The molecule has 4 nitrogen and oxygen atoms in total. The molecule has 9 heteroatoms.